The largest absolute Gasteiger partial charge is 0.391 e. The highest BCUT2D eigenvalue weighted by Gasteiger charge is 2.70. The Morgan fingerprint density at radius 3 is 2.41 bits per heavy atom. The van der Waals surface area contributed by atoms with Crippen LogP contribution in [0.25, 0.3) is 0 Å². The molecule has 6 rings (SSSR count). The van der Waals surface area contributed by atoms with Gasteiger partial charge in [-0.2, -0.15) is 0 Å². The first kappa shape index (κ1) is 23.3. The predicted molar refractivity (Wildman–Crippen MR) is 103 cm³/mol. The molecular weight excluding hydrogens is 428 g/mol. The van der Waals surface area contributed by atoms with Gasteiger partial charge in [-0.3, -0.25) is 0 Å². The summed E-state index contributed by atoms with van der Waals surface area (Å²) in [5.41, 5.74) is -0.791. The van der Waals surface area contributed by atoms with Crippen LogP contribution in [-0.4, -0.2) is 86.5 Å². The molecule has 0 amide bonds. The van der Waals surface area contributed by atoms with E-state index in [1.165, 1.54) is 0 Å². The van der Waals surface area contributed by atoms with Gasteiger partial charge in [-0.05, 0) is 38.0 Å². The van der Waals surface area contributed by atoms with Gasteiger partial charge < -0.3 is 44.5 Å². The van der Waals surface area contributed by atoms with Crippen LogP contribution in [0.15, 0.2) is 0 Å². The third-order valence-electron chi connectivity index (χ3n) is 8.33. The summed E-state index contributed by atoms with van der Waals surface area (Å²) in [7, 11) is 0. The monoisotopic (exact) mass is 462 g/mol. The van der Waals surface area contributed by atoms with Gasteiger partial charge >= 0.3 is 0 Å². The van der Waals surface area contributed by atoms with Gasteiger partial charge in [0.1, 0.15) is 18.3 Å². The number of hydrogen-bond acceptors (Lipinski definition) is 11. The van der Waals surface area contributed by atoms with Crippen LogP contribution in [0.2, 0.25) is 0 Å². The maximum Gasteiger partial charge on any atom is 0.221 e. The first-order valence-electron chi connectivity index (χ1n) is 11.5. The zero-order chi connectivity index (χ0) is 23.1. The van der Waals surface area contributed by atoms with E-state index in [0.29, 0.717) is 12.3 Å². The molecule has 1 spiro atoms. The van der Waals surface area contributed by atoms with E-state index in [0.717, 1.165) is 19.3 Å². The highest BCUT2D eigenvalue weighted by Crippen LogP contribution is 2.60. The van der Waals surface area contributed by atoms with E-state index in [1.807, 2.05) is 6.92 Å². The quantitative estimate of drug-likeness (QED) is 0.339. The zero-order valence-corrected chi connectivity index (χ0v) is 18.5. The lowest BCUT2D eigenvalue weighted by Gasteiger charge is -2.60. The Morgan fingerprint density at radius 1 is 0.938 bits per heavy atom. The smallest absolute Gasteiger partial charge is 0.221 e. The lowest BCUT2D eigenvalue weighted by Crippen LogP contribution is -2.71. The van der Waals surface area contributed by atoms with E-state index in [9.17, 15) is 25.5 Å². The second-order valence-electron chi connectivity index (χ2n) is 10.3. The predicted octanol–water partition coefficient (Wildman–Crippen LogP) is -0.669. The Balaban J connectivity index is 1.42. The fourth-order valence-corrected chi connectivity index (χ4v) is 6.35. The Kier molecular flexibility index (Phi) is 5.67. The van der Waals surface area contributed by atoms with Gasteiger partial charge in [0.2, 0.25) is 11.6 Å². The number of hydrogen-bond donors (Lipinski definition) is 5. The highest BCUT2D eigenvalue weighted by atomic mass is 17.3. The number of aliphatic hydroxyl groups is 5. The molecule has 5 N–H and O–H groups in total. The third-order valence-corrected chi connectivity index (χ3v) is 8.33. The SMILES string of the molecule is C[C@@H]1CC[C@H]2[C@@H](C)C(O[C@@H]3O[C@@](O)(CO)[C@H](O)[C@H](O)[C@H]3O)O[C@@H]3O[C@@]4(C)CC[C@@H]1[C@]32OO4. The molecule has 1 saturated carbocycles. The minimum atomic E-state index is -2.49. The van der Waals surface area contributed by atoms with Crippen molar-refractivity contribution < 1.29 is 54.3 Å². The van der Waals surface area contributed by atoms with Crippen molar-refractivity contribution in [1.29, 1.82) is 0 Å². The Hall–Kier alpha value is -0.440. The fraction of sp³-hybridized carbons (Fsp3) is 1.00. The summed E-state index contributed by atoms with van der Waals surface area (Å²) in [6, 6.07) is 0. The van der Waals surface area contributed by atoms with Crippen LogP contribution in [0.5, 0.6) is 0 Å². The summed E-state index contributed by atoms with van der Waals surface area (Å²) in [6.45, 7) is 4.95. The second kappa shape index (κ2) is 7.79. The van der Waals surface area contributed by atoms with Gasteiger partial charge in [0, 0.05) is 18.3 Å². The molecule has 0 aromatic heterocycles. The van der Waals surface area contributed by atoms with Crippen LogP contribution in [-0.2, 0) is 28.7 Å². The van der Waals surface area contributed by atoms with Crippen LogP contribution in [0.4, 0.5) is 0 Å². The molecule has 2 bridgehead atoms. The van der Waals surface area contributed by atoms with Crippen LogP contribution in [0.3, 0.4) is 0 Å². The van der Waals surface area contributed by atoms with Gasteiger partial charge in [0.05, 0.1) is 6.61 Å². The molecule has 0 radical (unpaired) electrons. The van der Waals surface area contributed by atoms with Crippen molar-refractivity contribution in [2.75, 3.05) is 6.61 Å². The summed E-state index contributed by atoms with van der Waals surface area (Å²) in [5.74, 6) is -3.15. The number of aliphatic hydroxyl groups excluding tert-OH is 4. The molecule has 0 aromatic carbocycles. The molecular formula is C21H34O11. The van der Waals surface area contributed by atoms with Crippen molar-refractivity contribution in [2.45, 2.75) is 101 Å². The molecule has 5 aliphatic heterocycles. The van der Waals surface area contributed by atoms with Crippen molar-refractivity contribution in [2.24, 2.45) is 23.7 Å². The van der Waals surface area contributed by atoms with Crippen LogP contribution >= 0.6 is 0 Å². The molecule has 5 saturated heterocycles. The highest BCUT2D eigenvalue weighted by molar-refractivity contribution is 5.09. The van der Waals surface area contributed by atoms with Crippen LogP contribution in [0.1, 0.15) is 46.5 Å². The molecule has 6 fully saturated rings. The zero-order valence-electron chi connectivity index (χ0n) is 18.5. The van der Waals surface area contributed by atoms with Crippen molar-refractivity contribution >= 4 is 0 Å². The molecule has 13 atom stereocenters. The van der Waals surface area contributed by atoms with Crippen molar-refractivity contribution in [3.05, 3.63) is 0 Å². The van der Waals surface area contributed by atoms with E-state index in [-0.39, 0.29) is 17.8 Å². The van der Waals surface area contributed by atoms with Gasteiger partial charge in [-0.25, -0.2) is 9.78 Å². The molecule has 1 unspecified atom stereocenters. The topological polar surface area (TPSA) is 157 Å². The molecule has 5 heterocycles. The molecule has 184 valence electrons. The molecule has 0 aromatic rings. The van der Waals surface area contributed by atoms with E-state index in [4.69, 9.17) is 28.7 Å². The van der Waals surface area contributed by atoms with E-state index >= 15 is 0 Å². The molecule has 11 heteroatoms. The lowest BCUT2D eigenvalue weighted by atomic mass is 9.58. The first-order chi connectivity index (χ1) is 15.0. The lowest BCUT2D eigenvalue weighted by molar-refractivity contribution is -0.580. The normalized spacial score (nSPS) is 60.0. The number of ether oxygens (including phenoxy) is 4. The van der Waals surface area contributed by atoms with Gasteiger partial charge in [0.15, 0.2) is 24.5 Å². The van der Waals surface area contributed by atoms with Gasteiger partial charge in [-0.15, -0.1) is 0 Å². The van der Waals surface area contributed by atoms with E-state index < -0.39 is 61.0 Å². The fourth-order valence-electron chi connectivity index (χ4n) is 6.35. The van der Waals surface area contributed by atoms with Gasteiger partial charge in [-0.1, -0.05) is 13.8 Å². The summed E-state index contributed by atoms with van der Waals surface area (Å²) >= 11 is 0. The van der Waals surface area contributed by atoms with Crippen molar-refractivity contribution in [3.63, 3.8) is 0 Å². The van der Waals surface area contributed by atoms with Crippen molar-refractivity contribution in [1.82, 2.24) is 0 Å². The maximum atomic E-state index is 10.4. The Labute approximate surface area is 186 Å². The summed E-state index contributed by atoms with van der Waals surface area (Å²) < 4.78 is 23.7. The van der Waals surface area contributed by atoms with Crippen LogP contribution < -0.4 is 0 Å². The first-order valence-corrected chi connectivity index (χ1v) is 11.5. The second-order valence-corrected chi connectivity index (χ2v) is 10.3. The molecule has 1 aliphatic carbocycles. The third kappa shape index (κ3) is 3.22. The van der Waals surface area contributed by atoms with Crippen LogP contribution in [0, 0.1) is 23.7 Å². The summed E-state index contributed by atoms with van der Waals surface area (Å²) in [5, 5.41) is 50.4. The average Bonchev–Trinajstić information content (AvgIpc) is 3.00. The van der Waals surface area contributed by atoms with Crippen molar-refractivity contribution in [3.8, 4) is 0 Å². The maximum absolute atomic E-state index is 10.4. The standard InChI is InChI=1S/C21H34O11/c1-9-4-5-12-10(2)16(27-17-14(24)13(23)15(25)20(26,8-22)29-17)28-18-21(12)11(9)6-7-19(3,30-18)31-32-21/h9-18,22-26H,4-8H2,1-3H3/t9-,10-,11+,12+,13-,14-,15-,16?,17-,18-,19-,20+,21-/m1/s1. The Morgan fingerprint density at radius 2 is 1.69 bits per heavy atom. The summed E-state index contributed by atoms with van der Waals surface area (Å²) in [4.78, 5) is 11.8. The number of fused-ring (bicyclic) bond motifs is 2. The van der Waals surface area contributed by atoms with E-state index in [1.54, 1.807) is 6.92 Å². The summed E-state index contributed by atoms with van der Waals surface area (Å²) in [6.07, 6.45) is -5.28. The minimum Gasteiger partial charge on any atom is -0.391 e. The minimum absolute atomic E-state index is 0.0388. The average molecular weight is 462 g/mol. The molecule has 32 heavy (non-hydrogen) atoms. The Bertz CT molecular complexity index is 724. The van der Waals surface area contributed by atoms with E-state index in [2.05, 4.69) is 6.92 Å². The molecule has 11 nitrogen and oxygen atoms in total. The number of rotatable bonds is 3. The van der Waals surface area contributed by atoms with Gasteiger partial charge in [0.25, 0.3) is 0 Å². The molecule has 6 aliphatic rings.